The van der Waals surface area contributed by atoms with Crippen LogP contribution < -0.4 is 0 Å². The lowest BCUT2D eigenvalue weighted by atomic mass is 9.92. The van der Waals surface area contributed by atoms with E-state index in [-0.39, 0.29) is 150 Å². The molecule has 0 aromatic heterocycles. The maximum Gasteiger partial charge on any atom is 0.306 e. The van der Waals surface area contributed by atoms with Gasteiger partial charge >= 0.3 is 47.8 Å². The molecule has 16 nitrogen and oxygen atoms in total. The van der Waals surface area contributed by atoms with Crippen LogP contribution in [-0.4, -0.2) is 147 Å². The molecule has 0 aromatic carbocycles. The first-order chi connectivity index (χ1) is 27.6. The zero-order valence-electron chi connectivity index (χ0n) is 32.1. The molecule has 0 aromatic rings. The molecule has 0 aliphatic rings. The van der Waals surface area contributed by atoms with Gasteiger partial charge in [0.05, 0.1) is 51.4 Å². The van der Waals surface area contributed by atoms with Gasteiger partial charge in [0.1, 0.15) is 63.7 Å². The Morgan fingerprint density at radius 1 is 0.241 bits per heavy atom. The summed E-state index contributed by atoms with van der Waals surface area (Å²) in [4.78, 5) is 94.3. The summed E-state index contributed by atoms with van der Waals surface area (Å²) in [5.74, 6) is -1.96. The fourth-order valence-corrected chi connectivity index (χ4v) is 5.14. The van der Waals surface area contributed by atoms with Crippen LogP contribution in [0.2, 0.25) is 0 Å². The molecule has 0 unspecified atom stereocenters. The molecule has 336 valence electrons. The van der Waals surface area contributed by atoms with E-state index >= 15 is 0 Å². The van der Waals surface area contributed by atoms with Gasteiger partial charge in [-0.2, -0.15) is 101 Å². The van der Waals surface area contributed by atoms with E-state index in [2.05, 4.69) is 101 Å². The second kappa shape index (κ2) is 37.3. The van der Waals surface area contributed by atoms with E-state index in [4.69, 9.17) is 37.9 Å². The Bertz CT molecular complexity index is 964. The first-order valence-corrected chi connectivity index (χ1v) is 22.8. The van der Waals surface area contributed by atoms with Gasteiger partial charge in [0, 0.05) is 46.0 Å². The van der Waals surface area contributed by atoms with Crippen molar-refractivity contribution in [1.82, 2.24) is 0 Å². The van der Waals surface area contributed by atoms with Gasteiger partial charge in [-0.05, 0) is 0 Å². The fraction of sp³-hybridized carbons (Fsp3) is 0.765. The largest absolute Gasteiger partial charge is 0.465 e. The van der Waals surface area contributed by atoms with E-state index in [1.54, 1.807) is 0 Å². The molecule has 0 saturated heterocycles. The van der Waals surface area contributed by atoms with Gasteiger partial charge in [0.25, 0.3) is 0 Å². The molecule has 0 rings (SSSR count). The quantitative estimate of drug-likeness (QED) is 0.0277. The van der Waals surface area contributed by atoms with Gasteiger partial charge in [-0.1, -0.05) is 0 Å². The Morgan fingerprint density at radius 2 is 0.345 bits per heavy atom. The highest BCUT2D eigenvalue weighted by Crippen LogP contribution is 2.24. The van der Waals surface area contributed by atoms with Crippen molar-refractivity contribution < 1.29 is 76.3 Å². The number of rotatable bonds is 32. The Kier molecular flexibility index (Phi) is 37.8. The minimum Gasteiger partial charge on any atom is -0.465 e. The van der Waals surface area contributed by atoms with Crippen LogP contribution in [0.3, 0.4) is 0 Å². The molecule has 0 aliphatic carbocycles. The second-order valence-electron chi connectivity index (χ2n) is 12.1. The van der Waals surface area contributed by atoms with Crippen molar-refractivity contribution in [3.05, 3.63) is 0 Å². The van der Waals surface area contributed by atoms with Crippen LogP contribution in [0.5, 0.6) is 0 Å². The average Bonchev–Trinajstić information content (AvgIpc) is 3.18. The Labute approximate surface area is 383 Å². The van der Waals surface area contributed by atoms with E-state index in [9.17, 15) is 38.4 Å². The smallest absolute Gasteiger partial charge is 0.306 e. The molecule has 58 heavy (non-hydrogen) atoms. The number of esters is 8. The minimum atomic E-state index is -1.25. The summed E-state index contributed by atoms with van der Waals surface area (Å²) in [6.45, 7) is -2.25. The molecule has 0 N–H and O–H groups in total. The van der Waals surface area contributed by atoms with Gasteiger partial charge < -0.3 is 37.9 Å². The molecule has 0 fully saturated rings. The number of hydrogen-bond acceptors (Lipinski definition) is 24. The molecule has 0 bridgehead atoms. The van der Waals surface area contributed by atoms with Crippen LogP contribution in [0.1, 0.15) is 51.4 Å². The predicted molar refractivity (Wildman–Crippen MR) is 240 cm³/mol. The van der Waals surface area contributed by atoms with Crippen molar-refractivity contribution >= 4 is 149 Å². The zero-order valence-corrected chi connectivity index (χ0v) is 39.2. The number of hydrogen-bond donors (Lipinski definition) is 8. The van der Waals surface area contributed by atoms with Gasteiger partial charge in [-0.25, -0.2) is 0 Å². The first kappa shape index (κ1) is 58.7. The van der Waals surface area contributed by atoms with Gasteiger partial charge in [0.2, 0.25) is 0 Å². The van der Waals surface area contributed by atoms with E-state index in [1.165, 1.54) is 0 Å². The fourth-order valence-electron chi connectivity index (χ4n) is 3.68. The standard InChI is InChI=1S/2C17H28O8S4/c2*18-13(1-5-26)22-9-17(10-23-14(19)2-6-27,11-24-15(20)3-7-28)12-25-16(21)4-8-29/h2*26-29H,1-12H2. The van der Waals surface area contributed by atoms with Crippen molar-refractivity contribution in [3.8, 4) is 0 Å². The zero-order chi connectivity index (χ0) is 44.2. The summed E-state index contributed by atoms with van der Waals surface area (Å²) in [6, 6.07) is 0. The van der Waals surface area contributed by atoms with Crippen LogP contribution in [0.25, 0.3) is 0 Å². The van der Waals surface area contributed by atoms with Crippen LogP contribution in [-0.2, 0) is 76.3 Å². The van der Waals surface area contributed by atoms with Crippen molar-refractivity contribution in [2.45, 2.75) is 51.4 Å². The third-order valence-electron chi connectivity index (χ3n) is 6.84. The van der Waals surface area contributed by atoms with E-state index in [0.29, 0.717) is 0 Å². The molecule has 0 amide bonds. The van der Waals surface area contributed by atoms with Gasteiger partial charge in [-0.3, -0.25) is 38.4 Å². The van der Waals surface area contributed by atoms with E-state index in [1.807, 2.05) is 0 Å². The summed E-state index contributed by atoms with van der Waals surface area (Å²) < 4.78 is 41.7. The molecule has 0 radical (unpaired) electrons. The monoisotopic (exact) mass is 976 g/mol. The Morgan fingerprint density at radius 3 is 0.431 bits per heavy atom. The van der Waals surface area contributed by atoms with Crippen molar-refractivity contribution in [3.63, 3.8) is 0 Å². The summed E-state index contributed by atoms with van der Waals surface area (Å²) in [6.07, 6.45) is 0.536. The summed E-state index contributed by atoms with van der Waals surface area (Å²) in [7, 11) is 0. The lowest BCUT2D eigenvalue weighted by Gasteiger charge is -2.31. The van der Waals surface area contributed by atoms with Crippen molar-refractivity contribution in [2.75, 3.05) is 98.9 Å². The van der Waals surface area contributed by atoms with E-state index < -0.39 is 58.6 Å². The minimum absolute atomic E-state index is 0.0670. The molecule has 0 atom stereocenters. The highest BCUT2D eigenvalue weighted by molar-refractivity contribution is 7.81. The molecule has 0 heterocycles. The first-order valence-electron chi connectivity index (χ1n) is 17.8. The van der Waals surface area contributed by atoms with Crippen molar-refractivity contribution in [2.24, 2.45) is 10.8 Å². The molecule has 0 aliphatic heterocycles. The average molecular weight is 977 g/mol. The summed E-state index contributed by atoms with van der Waals surface area (Å²) in [5.41, 5.74) is -2.51. The Hall–Kier alpha value is -1.44. The second-order valence-corrected chi connectivity index (χ2v) is 15.7. The van der Waals surface area contributed by atoms with Crippen LogP contribution in [0, 0.1) is 10.8 Å². The van der Waals surface area contributed by atoms with E-state index in [0.717, 1.165) is 0 Å². The van der Waals surface area contributed by atoms with Gasteiger partial charge in [0.15, 0.2) is 0 Å². The van der Waals surface area contributed by atoms with Crippen LogP contribution >= 0.6 is 101 Å². The molecule has 0 spiro atoms. The highest BCUT2D eigenvalue weighted by Gasteiger charge is 2.39. The predicted octanol–water partition coefficient (Wildman–Crippen LogP) is 2.85. The third-order valence-corrected chi connectivity index (χ3v) is 8.63. The lowest BCUT2D eigenvalue weighted by molar-refractivity contribution is -0.173. The number of ether oxygens (including phenoxy) is 8. The molecular weight excluding hydrogens is 921 g/mol. The maximum absolute atomic E-state index is 11.8. The van der Waals surface area contributed by atoms with Crippen molar-refractivity contribution in [1.29, 1.82) is 0 Å². The topological polar surface area (TPSA) is 210 Å². The third kappa shape index (κ3) is 31.4. The SMILES string of the molecule is O=C(CCS)OCC(COC(=O)CCS)(COC(=O)CCS)COC(=O)CCS.O=C(CCS)OCC(COC(=O)CCS)(COC(=O)CCS)COC(=O)CCS. The molecule has 0 saturated carbocycles. The van der Waals surface area contributed by atoms with Crippen LogP contribution in [0.15, 0.2) is 0 Å². The number of thiol groups is 8. The Balaban J connectivity index is 0. The van der Waals surface area contributed by atoms with Crippen LogP contribution in [0.4, 0.5) is 0 Å². The number of carbonyl (C=O) groups excluding carboxylic acids is 8. The normalized spacial score (nSPS) is 10.9. The molecular formula is C34H56O16S8. The highest BCUT2D eigenvalue weighted by atomic mass is 32.1. The lowest BCUT2D eigenvalue weighted by Crippen LogP contribution is -2.44. The maximum atomic E-state index is 11.8. The summed E-state index contributed by atoms with van der Waals surface area (Å²) >= 11 is 31.8. The number of carbonyl (C=O) groups is 8. The van der Waals surface area contributed by atoms with Gasteiger partial charge in [-0.15, -0.1) is 0 Å². The molecule has 24 heteroatoms. The summed E-state index contributed by atoms with van der Waals surface area (Å²) in [5, 5.41) is 0.